The number of methoxy groups -OCH3 is 3. The Balaban J connectivity index is 1.51. The Hall–Kier alpha value is -3.39. The summed E-state index contributed by atoms with van der Waals surface area (Å²) in [6.07, 6.45) is 0. The highest BCUT2D eigenvalue weighted by atomic mass is 79.9. The van der Waals surface area contributed by atoms with Gasteiger partial charge in [-0.25, -0.2) is 0 Å². The maximum Gasteiger partial charge on any atom is 0.231 e. The first-order valence-electron chi connectivity index (χ1n) is 11.8. The lowest BCUT2D eigenvalue weighted by Gasteiger charge is -2.35. The summed E-state index contributed by atoms with van der Waals surface area (Å²) in [7, 11) is 4.83. The molecule has 7 nitrogen and oxygen atoms in total. The molecule has 2 heterocycles. The van der Waals surface area contributed by atoms with Crippen LogP contribution >= 0.6 is 15.9 Å². The molecule has 0 radical (unpaired) electrons. The molecular weight excluding hydrogens is 526 g/mol. The summed E-state index contributed by atoms with van der Waals surface area (Å²) in [4.78, 5) is 16.2. The van der Waals surface area contributed by atoms with E-state index in [-0.39, 0.29) is 30.3 Å². The van der Waals surface area contributed by atoms with Crippen LogP contribution in [-0.4, -0.2) is 47.0 Å². The van der Waals surface area contributed by atoms with E-state index in [1.165, 1.54) is 0 Å². The van der Waals surface area contributed by atoms with Gasteiger partial charge >= 0.3 is 0 Å². The average molecular weight is 552 g/mol. The van der Waals surface area contributed by atoms with Crippen molar-refractivity contribution < 1.29 is 28.5 Å². The Labute approximate surface area is 218 Å². The van der Waals surface area contributed by atoms with Crippen LogP contribution in [0.25, 0.3) is 0 Å². The van der Waals surface area contributed by atoms with Crippen LogP contribution in [0.1, 0.15) is 27.4 Å². The Morgan fingerprint density at radius 3 is 2.19 bits per heavy atom. The molecule has 0 amide bonds. The smallest absolute Gasteiger partial charge is 0.231 e. The second-order valence-corrected chi connectivity index (χ2v) is 10.2. The van der Waals surface area contributed by atoms with E-state index in [0.29, 0.717) is 40.9 Å². The Kier molecular flexibility index (Phi) is 5.71. The Morgan fingerprint density at radius 1 is 0.889 bits per heavy atom. The second-order valence-electron chi connectivity index (χ2n) is 9.25. The van der Waals surface area contributed by atoms with Crippen molar-refractivity contribution in [1.29, 1.82) is 0 Å². The maximum atomic E-state index is 13.9. The minimum absolute atomic E-state index is 0.0526. The molecule has 3 aromatic carbocycles. The van der Waals surface area contributed by atoms with E-state index >= 15 is 0 Å². The zero-order valence-electron chi connectivity index (χ0n) is 20.2. The fourth-order valence-corrected chi connectivity index (χ4v) is 6.14. The van der Waals surface area contributed by atoms with Gasteiger partial charge in [0.25, 0.3) is 0 Å². The van der Waals surface area contributed by atoms with Gasteiger partial charge in [0.1, 0.15) is 0 Å². The molecular formula is C28H26BrNO6. The van der Waals surface area contributed by atoms with Gasteiger partial charge in [-0.2, -0.15) is 0 Å². The van der Waals surface area contributed by atoms with Gasteiger partial charge in [-0.15, -0.1) is 0 Å². The number of fused-ring (bicyclic) bond motifs is 3. The van der Waals surface area contributed by atoms with Gasteiger partial charge in [-0.1, -0.05) is 15.9 Å². The van der Waals surface area contributed by atoms with Crippen LogP contribution in [0, 0.1) is 11.8 Å². The van der Waals surface area contributed by atoms with Crippen LogP contribution in [0.2, 0.25) is 0 Å². The molecule has 0 spiro atoms. The lowest BCUT2D eigenvalue weighted by atomic mass is 9.67. The molecule has 3 aliphatic rings. The zero-order chi connectivity index (χ0) is 25.0. The van der Waals surface area contributed by atoms with E-state index in [2.05, 4.69) is 33.0 Å². The standard InChI is InChI=1S/C28H26BrNO6/c1-32-24-8-15(9-25(33-2)28(24)34-3)26-18-10-22-23(36-14-35-22)11-19(18)27(31)21-13-30(12-20(21)26)17-6-4-16(29)5-7-17/h4-11,20-21,26H,12-14H2,1-3H3/t20-,21+,26-/m1/s1. The lowest BCUT2D eigenvalue weighted by molar-refractivity contribution is 0.0878. The van der Waals surface area contributed by atoms with Gasteiger partial charge in [-0.05, 0) is 65.6 Å². The highest BCUT2D eigenvalue weighted by Gasteiger charge is 2.49. The van der Waals surface area contributed by atoms with Gasteiger partial charge in [0.15, 0.2) is 28.8 Å². The average Bonchev–Trinajstić information content (AvgIpc) is 3.55. The largest absolute Gasteiger partial charge is 0.493 e. The molecule has 3 aromatic rings. The molecule has 8 heteroatoms. The van der Waals surface area contributed by atoms with Crippen LogP contribution in [0.4, 0.5) is 5.69 Å². The molecule has 186 valence electrons. The number of hydrogen-bond acceptors (Lipinski definition) is 7. The van der Waals surface area contributed by atoms with Gasteiger partial charge in [0.05, 0.1) is 21.3 Å². The van der Waals surface area contributed by atoms with Crippen molar-refractivity contribution in [3.8, 4) is 28.7 Å². The SMILES string of the molecule is COc1cc([C@@H]2c3cc4c(cc3C(=O)[C@H]3CN(c5ccc(Br)cc5)C[C@@H]23)OCO4)cc(OC)c1OC. The van der Waals surface area contributed by atoms with E-state index < -0.39 is 0 Å². The molecule has 0 N–H and O–H groups in total. The number of rotatable bonds is 5. The van der Waals surface area contributed by atoms with Crippen molar-refractivity contribution in [2.45, 2.75) is 5.92 Å². The van der Waals surface area contributed by atoms with Crippen LogP contribution in [0.5, 0.6) is 28.7 Å². The van der Waals surface area contributed by atoms with Gasteiger partial charge in [0.2, 0.25) is 12.5 Å². The fourth-order valence-electron chi connectivity index (χ4n) is 5.87. The number of carbonyl (C=O) groups excluding carboxylic acids is 1. The first-order chi connectivity index (χ1) is 17.5. The summed E-state index contributed by atoms with van der Waals surface area (Å²) in [5.41, 5.74) is 3.74. The summed E-state index contributed by atoms with van der Waals surface area (Å²) < 4.78 is 29.3. The van der Waals surface area contributed by atoms with Crippen molar-refractivity contribution in [1.82, 2.24) is 0 Å². The van der Waals surface area contributed by atoms with E-state index in [9.17, 15) is 4.79 Å². The van der Waals surface area contributed by atoms with Gasteiger partial charge < -0.3 is 28.6 Å². The van der Waals surface area contributed by atoms with Crippen molar-refractivity contribution in [2.24, 2.45) is 11.8 Å². The predicted molar refractivity (Wildman–Crippen MR) is 138 cm³/mol. The molecule has 2 aliphatic heterocycles. The summed E-state index contributed by atoms with van der Waals surface area (Å²) >= 11 is 3.52. The number of nitrogens with zero attached hydrogens (tertiary/aromatic N) is 1. The molecule has 3 atom stereocenters. The third kappa shape index (κ3) is 3.58. The van der Waals surface area contributed by atoms with E-state index in [1.807, 2.05) is 36.4 Å². The van der Waals surface area contributed by atoms with Gasteiger partial charge in [-0.3, -0.25) is 4.79 Å². The summed E-state index contributed by atoms with van der Waals surface area (Å²) in [5.74, 6) is 2.97. The summed E-state index contributed by atoms with van der Waals surface area (Å²) in [6, 6.07) is 16.1. The molecule has 1 aliphatic carbocycles. The second kappa shape index (κ2) is 8.92. The minimum atomic E-state index is -0.161. The monoisotopic (exact) mass is 551 g/mol. The third-order valence-electron chi connectivity index (χ3n) is 7.51. The van der Waals surface area contributed by atoms with Crippen molar-refractivity contribution in [2.75, 3.05) is 46.1 Å². The van der Waals surface area contributed by atoms with Crippen molar-refractivity contribution in [3.05, 3.63) is 69.7 Å². The van der Waals surface area contributed by atoms with E-state index in [1.54, 1.807) is 21.3 Å². The molecule has 0 saturated carbocycles. The van der Waals surface area contributed by atoms with E-state index in [4.69, 9.17) is 23.7 Å². The number of ether oxygens (including phenoxy) is 5. The number of Topliss-reactive ketones (excluding diaryl/α,β-unsaturated/α-hetero) is 1. The molecule has 1 saturated heterocycles. The minimum Gasteiger partial charge on any atom is -0.493 e. The van der Waals surface area contributed by atoms with Crippen LogP contribution in [0.3, 0.4) is 0 Å². The molecule has 0 unspecified atom stereocenters. The first-order valence-corrected chi connectivity index (χ1v) is 12.6. The number of carbonyl (C=O) groups is 1. The molecule has 1 fully saturated rings. The predicted octanol–water partition coefficient (Wildman–Crippen LogP) is 5.28. The topological polar surface area (TPSA) is 66.5 Å². The number of halogens is 1. The van der Waals surface area contributed by atoms with Gasteiger partial charge in [0, 0.05) is 40.6 Å². The van der Waals surface area contributed by atoms with Crippen LogP contribution in [-0.2, 0) is 0 Å². The Bertz CT molecular complexity index is 1320. The van der Waals surface area contributed by atoms with Crippen molar-refractivity contribution >= 4 is 27.4 Å². The molecule has 0 bridgehead atoms. The summed E-state index contributed by atoms with van der Waals surface area (Å²) in [6.45, 7) is 1.55. The summed E-state index contributed by atoms with van der Waals surface area (Å²) in [5, 5.41) is 0. The number of benzene rings is 3. The third-order valence-corrected chi connectivity index (χ3v) is 8.04. The molecule has 0 aromatic heterocycles. The number of hydrogen-bond donors (Lipinski definition) is 0. The first kappa shape index (κ1) is 23.0. The fraction of sp³-hybridized carbons (Fsp3) is 0.321. The molecule has 6 rings (SSSR count). The number of anilines is 1. The van der Waals surface area contributed by atoms with E-state index in [0.717, 1.165) is 27.8 Å². The zero-order valence-corrected chi connectivity index (χ0v) is 21.8. The Morgan fingerprint density at radius 2 is 1.56 bits per heavy atom. The van der Waals surface area contributed by atoms with Crippen LogP contribution in [0.15, 0.2) is 53.0 Å². The lowest BCUT2D eigenvalue weighted by Crippen LogP contribution is -2.34. The maximum absolute atomic E-state index is 13.9. The molecule has 36 heavy (non-hydrogen) atoms. The quantitative estimate of drug-likeness (QED) is 0.427. The van der Waals surface area contributed by atoms with Crippen LogP contribution < -0.4 is 28.6 Å². The highest BCUT2D eigenvalue weighted by molar-refractivity contribution is 9.10. The normalized spacial score (nSPS) is 21.7. The number of ketones is 1. The highest BCUT2D eigenvalue weighted by Crippen LogP contribution is 2.52. The van der Waals surface area contributed by atoms with Crippen molar-refractivity contribution in [3.63, 3.8) is 0 Å².